The van der Waals surface area contributed by atoms with Crippen LogP contribution in [0.25, 0.3) is 22.3 Å². The summed E-state index contributed by atoms with van der Waals surface area (Å²) in [6.45, 7) is 2.98. The normalized spacial score (nSPS) is 10.8. The maximum atomic E-state index is 12.6. The number of carboxylic acid groups (broad SMARTS) is 1. The van der Waals surface area contributed by atoms with E-state index in [0.717, 1.165) is 52.1 Å². The molecular formula is C30H30N2O4. The smallest absolute Gasteiger partial charge is 0.303 e. The van der Waals surface area contributed by atoms with Gasteiger partial charge in [-0.2, -0.15) is 0 Å². The van der Waals surface area contributed by atoms with E-state index in [9.17, 15) is 9.59 Å². The van der Waals surface area contributed by atoms with Crippen LogP contribution in [0.3, 0.4) is 0 Å². The molecule has 0 bridgehead atoms. The maximum absolute atomic E-state index is 12.6. The summed E-state index contributed by atoms with van der Waals surface area (Å²) in [7, 11) is 0. The lowest BCUT2D eigenvalue weighted by Crippen LogP contribution is -2.19. The van der Waals surface area contributed by atoms with Gasteiger partial charge in [-0.15, -0.1) is 0 Å². The molecule has 2 aromatic heterocycles. The monoisotopic (exact) mass is 482 g/mol. The fourth-order valence-electron chi connectivity index (χ4n) is 4.26. The van der Waals surface area contributed by atoms with Crippen molar-refractivity contribution in [3.05, 3.63) is 107 Å². The van der Waals surface area contributed by atoms with Gasteiger partial charge in [-0.1, -0.05) is 42.5 Å². The van der Waals surface area contributed by atoms with E-state index in [1.165, 1.54) is 0 Å². The SMILES string of the molecule is Cc1ncccc1-c1ccccc1-c1ccc(=O)n(CCCc2cccc(OCCCC(=O)O)c2)c1. The van der Waals surface area contributed by atoms with Gasteiger partial charge in [0.1, 0.15) is 5.75 Å². The minimum Gasteiger partial charge on any atom is -0.494 e. The number of aryl methyl sites for hydroxylation is 3. The summed E-state index contributed by atoms with van der Waals surface area (Å²) < 4.78 is 7.45. The maximum Gasteiger partial charge on any atom is 0.303 e. The number of hydrogen-bond acceptors (Lipinski definition) is 4. The van der Waals surface area contributed by atoms with Crippen molar-refractivity contribution in [1.82, 2.24) is 9.55 Å². The predicted octanol–water partition coefficient (Wildman–Crippen LogP) is 5.76. The van der Waals surface area contributed by atoms with Crippen molar-refractivity contribution in [2.24, 2.45) is 0 Å². The molecule has 0 atom stereocenters. The van der Waals surface area contributed by atoms with Crippen LogP contribution in [0.4, 0.5) is 0 Å². The molecule has 0 saturated carbocycles. The van der Waals surface area contributed by atoms with Gasteiger partial charge >= 0.3 is 5.97 Å². The van der Waals surface area contributed by atoms with Gasteiger partial charge in [0.05, 0.1) is 6.61 Å². The minimum atomic E-state index is -0.817. The summed E-state index contributed by atoms with van der Waals surface area (Å²) >= 11 is 0. The second-order valence-electron chi connectivity index (χ2n) is 8.73. The van der Waals surface area contributed by atoms with Crippen LogP contribution in [0.15, 0.2) is 90.0 Å². The van der Waals surface area contributed by atoms with Crippen molar-refractivity contribution in [3.63, 3.8) is 0 Å². The molecule has 0 fully saturated rings. The van der Waals surface area contributed by atoms with E-state index in [0.29, 0.717) is 19.6 Å². The lowest BCUT2D eigenvalue weighted by atomic mass is 9.95. The van der Waals surface area contributed by atoms with Gasteiger partial charge in [-0.25, -0.2) is 0 Å². The third kappa shape index (κ3) is 6.48. The van der Waals surface area contributed by atoms with Gasteiger partial charge in [0.15, 0.2) is 0 Å². The first-order valence-electron chi connectivity index (χ1n) is 12.2. The second kappa shape index (κ2) is 12.0. The highest BCUT2D eigenvalue weighted by molar-refractivity contribution is 5.83. The van der Waals surface area contributed by atoms with Gasteiger partial charge in [0, 0.05) is 42.7 Å². The van der Waals surface area contributed by atoms with E-state index < -0.39 is 5.97 Å². The van der Waals surface area contributed by atoms with Crippen LogP contribution in [-0.2, 0) is 17.8 Å². The zero-order chi connectivity index (χ0) is 25.3. The lowest BCUT2D eigenvalue weighted by molar-refractivity contribution is -0.137. The van der Waals surface area contributed by atoms with Crippen molar-refractivity contribution in [2.75, 3.05) is 6.61 Å². The quantitative estimate of drug-likeness (QED) is 0.275. The Morgan fingerprint density at radius 2 is 1.75 bits per heavy atom. The Labute approximate surface area is 210 Å². The number of hydrogen-bond donors (Lipinski definition) is 1. The molecule has 36 heavy (non-hydrogen) atoms. The zero-order valence-electron chi connectivity index (χ0n) is 20.4. The number of nitrogens with zero attached hydrogens (tertiary/aromatic N) is 2. The van der Waals surface area contributed by atoms with E-state index in [1.54, 1.807) is 16.8 Å². The molecule has 2 aromatic carbocycles. The number of benzene rings is 2. The zero-order valence-corrected chi connectivity index (χ0v) is 20.4. The van der Waals surface area contributed by atoms with Crippen LogP contribution in [0.1, 0.15) is 30.5 Å². The van der Waals surface area contributed by atoms with Gasteiger partial charge in [-0.05, 0) is 72.7 Å². The summed E-state index contributed by atoms with van der Waals surface area (Å²) in [5, 5.41) is 8.74. The van der Waals surface area contributed by atoms with Crippen molar-refractivity contribution in [3.8, 4) is 28.0 Å². The van der Waals surface area contributed by atoms with Crippen LogP contribution in [0.2, 0.25) is 0 Å². The highest BCUT2D eigenvalue weighted by Crippen LogP contribution is 2.32. The van der Waals surface area contributed by atoms with E-state index in [-0.39, 0.29) is 12.0 Å². The molecule has 0 saturated heterocycles. The Morgan fingerprint density at radius 3 is 2.56 bits per heavy atom. The molecule has 0 aliphatic carbocycles. The van der Waals surface area contributed by atoms with E-state index in [4.69, 9.17) is 9.84 Å². The Balaban J connectivity index is 1.44. The lowest BCUT2D eigenvalue weighted by Gasteiger charge is -2.14. The molecule has 4 aromatic rings. The van der Waals surface area contributed by atoms with E-state index >= 15 is 0 Å². The van der Waals surface area contributed by atoms with Crippen LogP contribution in [-0.4, -0.2) is 27.2 Å². The molecule has 0 spiro atoms. The van der Waals surface area contributed by atoms with Crippen LogP contribution in [0.5, 0.6) is 5.75 Å². The Morgan fingerprint density at radius 1 is 0.944 bits per heavy atom. The Kier molecular flexibility index (Phi) is 8.29. The molecule has 0 unspecified atom stereocenters. The minimum absolute atomic E-state index is 0.0238. The average Bonchev–Trinajstić information content (AvgIpc) is 2.88. The first-order valence-corrected chi connectivity index (χ1v) is 12.2. The Bertz CT molecular complexity index is 1390. The van der Waals surface area contributed by atoms with E-state index in [1.807, 2.05) is 61.7 Å². The van der Waals surface area contributed by atoms with Crippen molar-refractivity contribution >= 4 is 5.97 Å². The number of aromatic nitrogens is 2. The number of ether oxygens (including phenoxy) is 1. The standard InChI is InChI=1S/C30H30N2O4/c1-22-26(13-5-17-31-22)28-12-3-2-11-27(28)24-15-16-29(33)32(21-24)18-6-9-23-8-4-10-25(20-23)36-19-7-14-30(34)35/h2-5,8,10-13,15-17,20-21H,6-7,9,14,18-19H2,1H3,(H,34,35). The second-order valence-corrected chi connectivity index (χ2v) is 8.73. The largest absolute Gasteiger partial charge is 0.494 e. The number of aliphatic carboxylic acids is 1. The van der Waals surface area contributed by atoms with Crippen LogP contribution >= 0.6 is 0 Å². The van der Waals surface area contributed by atoms with E-state index in [2.05, 4.69) is 23.2 Å². The molecule has 6 heteroatoms. The molecule has 4 rings (SSSR count). The molecule has 6 nitrogen and oxygen atoms in total. The summed E-state index contributed by atoms with van der Waals surface area (Å²) in [5.41, 5.74) is 6.28. The molecule has 0 aliphatic heterocycles. The summed E-state index contributed by atoms with van der Waals surface area (Å²) in [4.78, 5) is 27.7. The van der Waals surface area contributed by atoms with Crippen molar-refractivity contribution in [1.29, 1.82) is 0 Å². The number of rotatable bonds is 11. The third-order valence-corrected chi connectivity index (χ3v) is 6.09. The topological polar surface area (TPSA) is 81.4 Å². The number of pyridine rings is 2. The third-order valence-electron chi connectivity index (χ3n) is 6.09. The highest BCUT2D eigenvalue weighted by Gasteiger charge is 2.11. The van der Waals surface area contributed by atoms with Crippen molar-refractivity contribution < 1.29 is 14.6 Å². The van der Waals surface area contributed by atoms with Gasteiger partial charge in [0.2, 0.25) is 0 Å². The van der Waals surface area contributed by atoms with Gasteiger partial charge in [-0.3, -0.25) is 14.6 Å². The van der Waals surface area contributed by atoms with Crippen LogP contribution in [0, 0.1) is 6.92 Å². The summed E-state index contributed by atoms with van der Waals surface area (Å²) in [6.07, 6.45) is 5.91. The highest BCUT2D eigenvalue weighted by atomic mass is 16.5. The Hall–Kier alpha value is -4.19. The van der Waals surface area contributed by atoms with Crippen LogP contribution < -0.4 is 10.3 Å². The van der Waals surface area contributed by atoms with Gasteiger partial charge < -0.3 is 14.4 Å². The molecule has 1 N–H and O–H groups in total. The fraction of sp³-hybridized carbons (Fsp3) is 0.233. The van der Waals surface area contributed by atoms with Gasteiger partial charge in [0.25, 0.3) is 5.56 Å². The summed E-state index contributed by atoms with van der Waals surface area (Å²) in [5.74, 6) is -0.0818. The molecular weight excluding hydrogens is 452 g/mol. The molecule has 184 valence electrons. The number of carboxylic acids is 1. The molecule has 2 heterocycles. The average molecular weight is 483 g/mol. The molecule has 0 amide bonds. The summed E-state index contributed by atoms with van der Waals surface area (Å²) in [6, 6.07) is 23.6. The first kappa shape index (κ1) is 24.9. The molecule has 0 aliphatic rings. The predicted molar refractivity (Wildman–Crippen MR) is 141 cm³/mol. The van der Waals surface area contributed by atoms with Crippen molar-refractivity contribution in [2.45, 2.75) is 39.2 Å². The first-order chi connectivity index (χ1) is 17.5. The fourth-order valence-corrected chi connectivity index (χ4v) is 4.26. The number of carbonyl (C=O) groups is 1. The molecule has 0 radical (unpaired) electrons.